The first-order valence-corrected chi connectivity index (χ1v) is 15.3. The maximum atomic E-state index is 14.0. The fourth-order valence-corrected chi connectivity index (χ4v) is 5.44. The average molecular weight is 607 g/mol. The minimum atomic E-state index is -3.92. The van der Waals surface area contributed by atoms with Crippen LogP contribution in [0.3, 0.4) is 0 Å². The fraction of sp³-hybridized carbons (Fsp3) is 0.310. The summed E-state index contributed by atoms with van der Waals surface area (Å²) in [4.78, 5) is 28.9. The summed E-state index contributed by atoms with van der Waals surface area (Å²) in [5.41, 5.74) is 1.66. The third-order valence-electron chi connectivity index (χ3n) is 6.22. The van der Waals surface area contributed by atoms with E-state index >= 15 is 0 Å². The third kappa shape index (κ3) is 8.36. The Balaban J connectivity index is 2.06. The fourth-order valence-electron chi connectivity index (χ4n) is 4.15. The number of ether oxygens (including phenoxy) is 1. The van der Waals surface area contributed by atoms with E-state index in [1.54, 1.807) is 24.3 Å². The van der Waals surface area contributed by atoms with Crippen LogP contribution in [0.15, 0.2) is 72.8 Å². The van der Waals surface area contributed by atoms with Crippen LogP contribution in [0.1, 0.15) is 24.5 Å². The molecule has 0 fully saturated rings. The molecular weight excluding hydrogens is 573 g/mol. The standard InChI is InChI=1S/C29H33Cl2N3O5S/c1-4-16-32-29(36)26(17-21-10-6-5-7-11-21)33(19-22-12-8-9-13-24(22)30)28(35)20-34(40(3,37)38)23-14-15-27(39-2)25(31)18-23/h5-15,18,26H,4,16-17,19-20H2,1-3H3,(H,32,36)/t26-/m1/s1. The van der Waals surface area contributed by atoms with Crippen LogP contribution in [0.4, 0.5) is 5.69 Å². The summed E-state index contributed by atoms with van der Waals surface area (Å²) < 4.78 is 31.9. The van der Waals surface area contributed by atoms with Crippen LogP contribution in [0, 0.1) is 0 Å². The Bertz CT molecular complexity index is 1420. The molecule has 40 heavy (non-hydrogen) atoms. The van der Waals surface area contributed by atoms with Crippen LogP contribution in [-0.4, -0.2) is 57.6 Å². The predicted octanol–water partition coefficient (Wildman–Crippen LogP) is 4.93. The van der Waals surface area contributed by atoms with Gasteiger partial charge in [0.15, 0.2) is 0 Å². The van der Waals surface area contributed by atoms with Gasteiger partial charge in [-0.25, -0.2) is 8.42 Å². The Kier molecular flexibility index (Phi) is 11.2. The summed E-state index contributed by atoms with van der Waals surface area (Å²) in [6, 6.07) is 19.9. The number of rotatable bonds is 13. The lowest BCUT2D eigenvalue weighted by Crippen LogP contribution is -2.53. The molecule has 0 aliphatic rings. The summed E-state index contributed by atoms with van der Waals surface area (Å²) in [5.74, 6) is -0.560. The molecule has 0 aliphatic carbocycles. The van der Waals surface area contributed by atoms with Gasteiger partial charge in [0.05, 0.1) is 24.1 Å². The first kappa shape index (κ1) is 31.3. The molecule has 0 unspecified atom stereocenters. The van der Waals surface area contributed by atoms with E-state index in [9.17, 15) is 18.0 Å². The summed E-state index contributed by atoms with van der Waals surface area (Å²) >= 11 is 12.7. The zero-order valence-corrected chi connectivity index (χ0v) is 25.0. The normalized spacial score (nSPS) is 11.9. The molecule has 3 rings (SSSR count). The predicted molar refractivity (Wildman–Crippen MR) is 159 cm³/mol. The van der Waals surface area contributed by atoms with Crippen molar-refractivity contribution in [3.63, 3.8) is 0 Å². The monoisotopic (exact) mass is 605 g/mol. The number of amides is 2. The van der Waals surface area contributed by atoms with Crippen LogP contribution in [0.25, 0.3) is 0 Å². The van der Waals surface area contributed by atoms with Crippen LogP contribution in [-0.2, 0) is 32.6 Å². The number of benzene rings is 3. The van der Waals surface area contributed by atoms with E-state index < -0.39 is 28.5 Å². The molecule has 0 saturated heterocycles. The number of hydrogen-bond donors (Lipinski definition) is 1. The number of methoxy groups -OCH3 is 1. The van der Waals surface area contributed by atoms with Crippen molar-refractivity contribution in [1.29, 1.82) is 0 Å². The number of halogens is 2. The van der Waals surface area contributed by atoms with Gasteiger partial charge in [0.1, 0.15) is 18.3 Å². The molecule has 0 spiro atoms. The van der Waals surface area contributed by atoms with Crippen LogP contribution >= 0.6 is 23.2 Å². The molecule has 2 amide bonds. The van der Waals surface area contributed by atoms with Gasteiger partial charge in [-0.15, -0.1) is 0 Å². The summed E-state index contributed by atoms with van der Waals surface area (Å²) in [6.45, 7) is 1.80. The van der Waals surface area contributed by atoms with Gasteiger partial charge in [0.25, 0.3) is 0 Å². The Labute approximate surface area is 245 Å². The minimum absolute atomic E-state index is 0.00345. The molecule has 0 aromatic heterocycles. The van der Waals surface area contributed by atoms with Crippen LogP contribution < -0.4 is 14.4 Å². The lowest BCUT2D eigenvalue weighted by molar-refractivity contribution is -0.140. The van der Waals surface area contributed by atoms with E-state index in [4.69, 9.17) is 27.9 Å². The molecule has 214 valence electrons. The molecule has 11 heteroatoms. The van der Waals surface area contributed by atoms with Crippen molar-refractivity contribution in [2.45, 2.75) is 32.4 Å². The van der Waals surface area contributed by atoms with E-state index in [0.717, 1.165) is 16.1 Å². The maximum absolute atomic E-state index is 14.0. The Morgan fingerprint density at radius 3 is 2.25 bits per heavy atom. The highest BCUT2D eigenvalue weighted by Crippen LogP contribution is 2.30. The zero-order valence-electron chi connectivity index (χ0n) is 22.6. The quantitative estimate of drug-likeness (QED) is 0.298. The van der Waals surface area contributed by atoms with E-state index in [2.05, 4.69) is 5.32 Å². The van der Waals surface area contributed by atoms with E-state index in [-0.39, 0.29) is 29.6 Å². The zero-order chi connectivity index (χ0) is 29.3. The molecule has 0 bridgehead atoms. The number of carbonyl (C=O) groups is 2. The number of nitrogens with zero attached hydrogens (tertiary/aromatic N) is 2. The molecule has 0 aliphatic heterocycles. The Morgan fingerprint density at radius 2 is 1.65 bits per heavy atom. The topological polar surface area (TPSA) is 96.0 Å². The maximum Gasteiger partial charge on any atom is 0.244 e. The van der Waals surface area contributed by atoms with E-state index in [1.165, 1.54) is 30.2 Å². The van der Waals surface area contributed by atoms with Crippen LogP contribution in [0.2, 0.25) is 10.0 Å². The lowest BCUT2D eigenvalue weighted by atomic mass is 10.0. The molecule has 0 heterocycles. The first-order chi connectivity index (χ1) is 19.0. The second kappa shape index (κ2) is 14.4. The molecule has 3 aromatic rings. The van der Waals surface area contributed by atoms with Gasteiger partial charge < -0.3 is 15.0 Å². The summed E-state index contributed by atoms with van der Waals surface area (Å²) in [6.07, 6.45) is 1.94. The average Bonchev–Trinajstić information content (AvgIpc) is 2.93. The molecule has 1 atom stereocenters. The van der Waals surface area contributed by atoms with Crippen molar-refractivity contribution >= 4 is 50.7 Å². The van der Waals surface area contributed by atoms with Crippen LogP contribution in [0.5, 0.6) is 5.75 Å². The van der Waals surface area contributed by atoms with Crippen molar-refractivity contribution in [3.8, 4) is 5.75 Å². The van der Waals surface area contributed by atoms with Crippen molar-refractivity contribution in [2.75, 3.05) is 30.8 Å². The third-order valence-corrected chi connectivity index (χ3v) is 8.03. The van der Waals surface area contributed by atoms with Gasteiger partial charge in [0, 0.05) is 24.5 Å². The molecule has 0 radical (unpaired) electrons. The molecule has 1 N–H and O–H groups in total. The number of hydrogen-bond acceptors (Lipinski definition) is 5. The molecule has 8 nitrogen and oxygen atoms in total. The minimum Gasteiger partial charge on any atom is -0.495 e. The van der Waals surface area contributed by atoms with Crippen molar-refractivity contribution < 1.29 is 22.7 Å². The van der Waals surface area contributed by atoms with Gasteiger partial charge >= 0.3 is 0 Å². The molecule has 3 aromatic carbocycles. The highest BCUT2D eigenvalue weighted by molar-refractivity contribution is 7.92. The van der Waals surface area contributed by atoms with Gasteiger partial charge in [-0.05, 0) is 41.8 Å². The highest BCUT2D eigenvalue weighted by Gasteiger charge is 2.33. The van der Waals surface area contributed by atoms with E-state index in [1.807, 2.05) is 37.3 Å². The largest absolute Gasteiger partial charge is 0.495 e. The second-order valence-electron chi connectivity index (χ2n) is 9.20. The second-order valence-corrected chi connectivity index (χ2v) is 11.9. The van der Waals surface area contributed by atoms with Gasteiger partial charge in [-0.2, -0.15) is 0 Å². The van der Waals surface area contributed by atoms with E-state index in [0.29, 0.717) is 29.3 Å². The Hall–Kier alpha value is -3.27. The van der Waals surface area contributed by atoms with Crippen molar-refractivity contribution in [2.24, 2.45) is 0 Å². The number of carbonyl (C=O) groups excluding carboxylic acids is 2. The smallest absolute Gasteiger partial charge is 0.244 e. The summed E-state index contributed by atoms with van der Waals surface area (Å²) in [5, 5.41) is 3.51. The number of sulfonamides is 1. The van der Waals surface area contributed by atoms with Gasteiger partial charge in [-0.1, -0.05) is 78.7 Å². The molecular formula is C29H33Cl2N3O5S. The molecule has 0 saturated carbocycles. The van der Waals surface area contributed by atoms with Crippen molar-refractivity contribution in [1.82, 2.24) is 10.2 Å². The van der Waals surface area contributed by atoms with Gasteiger partial charge in [0.2, 0.25) is 21.8 Å². The Morgan fingerprint density at radius 1 is 0.975 bits per heavy atom. The summed E-state index contributed by atoms with van der Waals surface area (Å²) in [7, 11) is -2.48. The SMILES string of the molecule is CCCNC(=O)[C@@H](Cc1ccccc1)N(Cc1ccccc1Cl)C(=O)CN(c1ccc(OC)c(Cl)c1)S(C)(=O)=O. The van der Waals surface area contributed by atoms with Gasteiger partial charge in [-0.3, -0.25) is 13.9 Å². The highest BCUT2D eigenvalue weighted by atomic mass is 35.5. The number of anilines is 1. The number of nitrogens with one attached hydrogen (secondary N) is 1. The lowest BCUT2D eigenvalue weighted by Gasteiger charge is -2.33. The van der Waals surface area contributed by atoms with Crippen molar-refractivity contribution in [3.05, 3.63) is 94.0 Å². The first-order valence-electron chi connectivity index (χ1n) is 12.7.